The lowest BCUT2D eigenvalue weighted by Gasteiger charge is -2.34. The van der Waals surface area contributed by atoms with Crippen LogP contribution in [-0.4, -0.2) is 42.0 Å². The van der Waals surface area contributed by atoms with Crippen LogP contribution in [0.4, 0.5) is 4.79 Å². The number of hydrogen-bond acceptors (Lipinski definition) is 2. The zero-order chi connectivity index (χ0) is 17.7. The minimum atomic E-state index is -0.222. The van der Waals surface area contributed by atoms with Gasteiger partial charge in [-0.3, -0.25) is 4.79 Å². The number of rotatable bonds is 3. The van der Waals surface area contributed by atoms with Crippen molar-refractivity contribution in [2.24, 2.45) is 5.92 Å². The fraction of sp³-hybridized carbons (Fsp3) is 0.556. The van der Waals surface area contributed by atoms with Gasteiger partial charge in [-0.2, -0.15) is 0 Å². The SMILES string of the molecule is CC(C)(C)NC(=O)N1CCC(CNC(=O)c2ccc(Cl)cc2)CC1. The second kappa shape index (κ2) is 7.88. The molecule has 24 heavy (non-hydrogen) atoms. The van der Waals surface area contributed by atoms with Gasteiger partial charge in [0.25, 0.3) is 5.91 Å². The molecule has 132 valence electrons. The summed E-state index contributed by atoms with van der Waals surface area (Å²) in [4.78, 5) is 26.1. The van der Waals surface area contributed by atoms with Crippen molar-refractivity contribution in [3.05, 3.63) is 34.9 Å². The van der Waals surface area contributed by atoms with Crippen LogP contribution in [0.3, 0.4) is 0 Å². The van der Waals surface area contributed by atoms with Crippen LogP contribution in [0.1, 0.15) is 44.0 Å². The molecule has 1 aliphatic rings. The van der Waals surface area contributed by atoms with Crippen molar-refractivity contribution in [2.75, 3.05) is 19.6 Å². The zero-order valence-electron chi connectivity index (χ0n) is 14.6. The number of nitrogens with one attached hydrogen (secondary N) is 2. The number of halogens is 1. The van der Waals surface area contributed by atoms with E-state index >= 15 is 0 Å². The molecule has 2 rings (SSSR count). The largest absolute Gasteiger partial charge is 0.352 e. The number of hydrogen-bond donors (Lipinski definition) is 2. The smallest absolute Gasteiger partial charge is 0.317 e. The van der Waals surface area contributed by atoms with Gasteiger partial charge in [0, 0.05) is 35.8 Å². The quantitative estimate of drug-likeness (QED) is 0.877. The second-order valence-corrected chi connectivity index (χ2v) is 7.76. The van der Waals surface area contributed by atoms with E-state index in [1.165, 1.54) is 0 Å². The number of urea groups is 1. The molecule has 0 bridgehead atoms. The Morgan fingerprint density at radius 2 is 1.75 bits per heavy atom. The number of nitrogens with zero attached hydrogens (tertiary/aromatic N) is 1. The lowest BCUT2D eigenvalue weighted by molar-refractivity contribution is 0.0937. The summed E-state index contributed by atoms with van der Waals surface area (Å²) in [5.41, 5.74) is 0.391. The predicted octanol–water partition coefficient (Wildman–Crippen LogP) is 3.29. The molecule has 1 aromatic carbocycles. The Kier molecular flexibility index (Phi) is 6.10. The Morgan fingerprint density at radius 1 is 1.17 bits per heavy atom. The Morgan fingerprint density at radius 3 is 2.29 bits per heavy atom. The number of carbonyl (C=O) groups excluding carboxylic acids is 2. The summed E-state index contributed by atoms with van der Waals surface area (Å²) in [5, 5.41) is 6.57. The van der Waals surface area contributed by atoms with Crippen LogP contribution in [0.2, 0.25) is 5.02 Å². The first kappa shape index (κ1) is 18.6. The first-order chi connectivity index (χ1) is 11.2. The zero-order valence-corrected chi connectivity index (χ0v) is 15.3. The van der Waals surface area contributed by atoms with Gasteiger partial charge < -0.3 is 15.5 Å². The van der Waals surface area contributed by atoms with Crippen LogP contribution >= 0.6 is 11.6 Å². The van der Waals surface area contributed by atoms with Crippen molar-refractivity contribution < 1.29 is 9.59 Å². The molecule has 2 N–H and O–H groups in total. The normalized spacial score (nSPS) is 15.9. The number of amides is 3. The van der Waals surface area contributed by atoms with Gasteiger partial charge >= 0.3 is 6.03 Å². The van der Waals surface area contributed by atoms with Crippen molar-refractivity contribution >= 4 is 23.5 Å². The molecule has 0 atom stereocenters. The van der Waals surface area contributed by atoms with Crippen LogP contribution in [0.15, 0.2) is 24.3 Å². The maximum atomic E-state index is 12.1. The maximum Gasteiger partial charge on any atom is 0.317 e. The summed E-state index contributed by atoms with van der Waals surface area (Å²) in [6.07, 6.45) is 1.80. The molecule has 1 heterocycles. The van der Waals surface area contributed by atoms with Gasteiger partial charge in [-0.15, -0.1) is 0 Å². The molecule has 3 amide bonds. The topological polar surface area (TPSA) is 61.4 Å². The fourth-order valence-electron chi connectivity index (χ4n) is 2.68. The summed E-state index contributed by atoms with van der Waals surface area (Å²) in [6, 6.07) is 6.85. The first-order valence-corrected chi connectivity index (χ1v) is 8.73. The molecule has 0 aromatic heterocycles. The van der Waals surface area contributed by atoms with Gasteiger partial charge in [0.15, 0.2) is 0 Å². The molecule has 5 nitrogen and oxygen atoms in total. The first-order valence-electron chi connectivity index (χ1n) is 8.35. The van der Waals surface area contributed by atoms with Crippen LogP contribution < -0.4 is 10.6 Å². The summed E-state index contributed by atoms with van der Waals surface area (Å²) in [6.45, 7) is 8.01. The lowest BCUT2D eigenvalue weighted by Crippen LogP contribution is -2.51. The van der Waals surface area contributed by atoms with E-state index < -0.39 is 0 Å². The van der Waals surface area contributed by atoms with E-state index in [9.17, 15) is 9.59 Å². The van der Waals surface area contributed by atoms with E-state index in [-0.39, 0.29) is 17.5 Å². The third-order valence-electron chi connectivity index (χ3n) is 4.04. The number of benzene rings is 1. The Hall–Kier alpha value is -1.75. The van der Waals surface area contributed by atoms with Crippen LogP contribution in [0.5, 0.6) is 0 Å². The second-order valence-electron chi connectivity index (χ2n) is 7.33. The molecule has 1 aliphatic heterocycles. The lowest BCUT2D eigenvalue weighted by atomic mass is 9.96. The molecular weight excluding hydrogens is 326 g/mol. The van der Waals surface area contributed by atoms with Crippen LogP contribution in [-0.2, 0) is 0 Å². The van der Waals surface area contributed by atoms with Gasteiger partial charge in [0.1, 0.15) is 0 Å². The van der Waals surface area contributed by atoms with E-state index in [1.807, 2.05) is 25.7 Å². The predicted molar refractivity (Wildman–Crippen MR) is 96.4 cm³/mol. The minimum absolute atomic E-state index is 0.00819. The van der Waals surface area contributed by atoms with Crippen molar-refractivity contribution in [3.8, 4) is 0 Å². The van der Waals surface area contributed by atoms with Gasteiger partial charge in [-0.1, -0.05) is 11.6 Å². The average Bonchev–Trinajstić information content (AvgIpc) is 2.52. The van der Waals surface area contributed by atoms with E-state index in [0.717, 1.165) is 25.9 Å². The Bertz CT molecular complexity index is 573. The molecule has 1 aromatic rings. The van der Waals surface area contributed by atoms with Crippen molar-refractivity contribution in [3.63, 3.8) is 0 Å². The summed E-state index contributed by atoms with van der Waals surface area (Å²) in [5.74, 6) is 0.319. The molecule has 0 spiro atoms. The molecule has 6 heteroatoms. The standard InChI is InChI=1S/C18H26ClN3O2/c1-18(2,3)21-17(24)22-10-8-13(9-11-22)12-20-16(23)14-4-6-15(19)7-5-14/h4-7,13H,8-12H2,1-3H3,(H,20,23)(H,21,24). The maximum absolute atomic E-state index is 12.1. The number of carbonyl (C=O) groups is 2. The summed E-state index contributed by atoms with van der Waals surface area (Å²) < 4.78 is 0. The van der Waals surface area contributed by atoms with E-state index in [4.69, 9.17) is 11.6 Å². The molecular formula is C18H26ClN3O2. The highest BCUT2D eigenvalue weighted by molar-refractivity contribution is 6.30. The highest BCUT2D eigenvalue weighted by atomic mass is 35.5. The van der Waals surface area contributed by atoms with Gasteiger partial charge in [-0.25, -0.2) is 4.79 Å². The highest BCUT2D eigenvalue weighted by Crippen LogP contribution is 2.17. The molecule has 0 unspecified atom stereocenters. The van der Waals surface area contributed by atoms with Crippen molar-refractivity contribution in [2.45, 2.75) is 39.2 Å². The Labute approximate surface area is 148 Å². The van der Waals surface area contributed by atoms with Crippen molar-refractivity contribution in [1.29, 1.82) is 0 Å². The molecule has 0 saturated carbocycles. The number of piperidine rings is 1. The fourth-order valence-corrected chi connectivity index (χ4v) is 2.81. The van der Waals surface area contributed by atoms with Gasteiger partial charge in [0.2, 0.25) is 0 Å². The molecule has 1 saturated heterocycles. The van der Waals surface area contributed by atoms with Gasteiger partial charge in [0.05, 0.1) is 0 Å². The van der Waals surface area contributed by atoms with E-state index in [1.54, 1.807) is 24.3 Å². The van der Waals surface area contributed by atoms with Gasteiger partial charge in [-0.05, 0) is 63.8 Å². The highest BCUT2D eigenvalue weighted by Gasteiger charge is 2.25. The average molecular weight is 352 g/mol. The molecule has 0 aliphatic carbocycles. The minimum Gasteiger partial charge on any atom is -0.352 e. The molecule has 1 fully saturated rings. The third-order valence-corrected chi connectivity index (χ3v) is 4.29. The third kappa shape index (κ3) is 5.71. The van der Waals surface area contributed by atoms with E-state index in [2.05, 4.69) is 10.6 Å². The number of likely N-dealkylation sites (tertiary alicyclic amines) is 1. The molecule has 0 radical (unpaired) electrons. The Balaban J connectivity index is 1.74. The van der Waals surface area contributed by atoms with E-state index in [0.29, 0.717) is 23.0 Å². The van der Waals surface area contributed by atoms with Crippen LogP contribution in [0, 0.1) is 5.92 Å². The monoisotopic (exact) mass is 351 g/mol. The summed E-state index contributed by atoms with van der Waals surface area (Å²) >= 11 is 5.83. The summed E-state index contributed by atoms with van der Waals surface area (Å²) in [7, 11) is 0. The van der Waals surface area contributed by atoms with Crippen LogP contribution in [0.25, 0.3) is 0 Å². The van der Waals surface area contributed by atoms with Crippen molar-refractivity contribution in [1.82, 2.24) is 15.5 Å².